The van der Waals surface area contributed by atoms with Gasteiger partial charge in [-0.15, -0.1) is 0 Å². The van der Waals surface area contributed by atoms with E-state index in [1.165, 1.54) is 17.7 Å². The van der Waals surface area contributed by atoms with Crippen molar-refractivity contribution >= 4 is 23.5 Å². The van der Waals surface area contributed by atoms with Gasteiger partial charge in [0.1, 0.15) is 5.75 Å². The summed E-state index contributed by atoms with van der Waals surface area (Å²) in [6.45, 7) is 4.89. The van der Waals surface area contributed by atoms with E-state index in [1.54, 1.807) is 48.5 Å². The van der Waals surface area contributed by atoms with E-state index in [4.69, 9.17) is 4.74 Å². The van der Waals surface area contributed by atoms with Crippen LogP contribution in [0.25, 0.3) is 0 Å². The number of amides is 2. The van der Waals surface area contributed by atoms with Gasteiger partial charge in [0.05, 0.1) is 12.6 Å². The Morgan fingerprint density at radius 1 is 0.868 bits per heavy atom. The lowest BCUT2D eigenvalue weighted by atomic mass is 10.0. The quantitative estimate of drug-likeness (QED) is 0.201. The molecule has 0 aliphatic carbocycles. The Balaban J connectivity index is 1.62. The molecule has 2 N–H and O–H groups in total. The predicted molar refractivity (Wildman–Crippen MR) is 148 cm³/mol. The summed E-state index contributed by atoms with van der Waals surface area (Å²) in [4.78, 5) is 38.2. The molecule has 0 aliphatic rings. The number of aliphatic carboxylic acids is 1. The van der Waals surface area contributed by atoms with Crippen molar-refractivity contribution < 1.29 is 24.2 Å². The average Bonchev–Trinajstić information content (AvgIpc) is 2.94. The van der Waals surface area contributed by atoms with Crippen LogP contribution in [0.3, 0.4) is 0 Å². The molecule has 0 heterocycles. The van der Waals surface area contributed by atoms with Gasteiger partial charge >= 0.3 is 11.9 Å². The highest BCUT2D eigenvalue weighted by molar-refractivity contribution is 6.31. The van der Waals surface area contributed by atoms with Gasteiger partial charge in [-0.3, -0.25) is 9.59 Å². The second-order valence-corrected chi connectivity index (χ2v) is 9.16. The maximum Gasteiger partial charge on any atom is 0.394 e. The Morgan fingerprint density at radius 2 is 1.55 bits per heavy atom. The van der Waals surface area contributed by atoms with E-state index in [9.17, 15) is 19.5 Å². The van der Waals surface area contributed by atoms with E-state index < -0.39 is 11.9 Å². The largest absolute Gasteiger partial charge is 0.494 e. The fourth-order valence-corrected chi connectivity index (χ4v) is 4.27. The molecular formula is C31H36N2O5. The van der Waals surface area contributed by atoms with Crippen molar-refractivity contribution in [2.75, 3.05) is 11.9 Å². The molecule has 1 unspecified atom stereocenters. The number of benzene rings is 3. The number of ether oxygens (including phenoxy) is 1. The van der Waals surface area contributed by atoms with Crippen LogP contribution < -0.4 is 10.1 Å². The predicted octanol–water partition coefficient (Wildman–Crippen LogP) is 6.46. The van der Waals surface area contributed by atoms with Crippen molar-refractivity contribution in [3.63, 3.8) is 0 Å². The van der Waals surface area contributed by atoms with E-state index in [0.29, 0.717) is 24.3 Å². The molecule has 38 heavy (non-hydrogen) atoms. The van der Waals surface area contributed by atoms with Crippen LogP contribution >= 0.6 is 0 Å². The lowest BCUT2D eigenvalue weighted by molar-refractivity contribution is -0.157. The molecule has 7 heteroatoms. The molecule has 3 rings (SSSR count). The first-order valence-corrected chi connectivity index (χ1v) is 13.1. The Labute approximate surface area is 224 Å². The van der Waals surface area contributed by atoms with Crippen LogP contribution in [-0.4, -0.2) is 34.4 Å². The van der Waals surface area contributed by atoms with E-state index in [1.807, 2.05) is 37.3 Å². The van der Waals surface area contributed by atoms with Crippen LogP contribution in [0.15, 0.2) is 78.9 Å². The summed E-state index contributed by atoms with van der Waals surface area (Å²) >= 11 is 0. The van der Waals surface area contributed by atoms with Gasteiger partial charge in [-0.05, 0) is 60.4 Å². The van der Waals surface area contributed by atoms with Gasteiger partial charge in [-0.2, -0.15) is 0 Å². The van der Waals surface area contributed by atoms with E-state index in [2.05, 4.69) is 12.2 Å². The van der Waals surface area contributed by atoms with Crippen LogP contribution in [0, 0.1) is 0 Å². The number of nitrogens with zero attached hydrogens (tertiary/aromatic N) is 1. The maximum atomic E-state index is 12.7. The zero-order valence-corrected chi connectivity index (χ0v) is 22.1. The minimum Gasteiger partial charge on any atom is -0.494 e. The summed E-state index contributed by atoms with van der Waals surface area (Å²) in [5.41, 5.74) is 2.74. The topological polar surface area (TPSA) is 95.9 Å². The first-order valence-electron chi connectivity index (χ1n) is 13.1. The number of hydrogen-bond acceptors (Lipinski definition) is 4. The third kappa shape index (κ3) is 8.20. The zero-order chi connectivity index (χ0) is 27.3. The fourth-order valence-electron chi connectivity index (χ4n) is 4.27. The summed E-state index contributed by atoms with van der Waals surface area (Å²) in [5, 5.41) is 12.3. The molecule has 3 aromatic rings. The van der Waals surface area contributed by atoms with Crippen molar-refractivity contribution in [2.45, 2.75) is 58.5 Å². The van der Waals surface area contributed by atoms with Crippen LogP contribution in [-0.2, 0) is 16.1 Å². The maximum absolute atomic E-state index is 12.7. The van der Waals surface area contributed by atoms with Crippen molar-refractivity contribution in [1.82, 2.24) is 4.90 Å². The molecule has 2 amide bonds. The van der Waals surface area contributed by atoms with Gasteiger partial charge in [-0.25, -0.2) is 4.79 Å². The molecule has 3 aromatic carbocycles. The highest BCUT2D eigenvalue weighted by Gasteiger charge is 2.28. The summed E-state index contributed by atoms with van der Waals surface area (Å²) in [6, 6.07) is 23.1. The number of carboxylic acid groups (broad SMARTS) is 1. The first-order chi connectivity index (χ1) is 18.4. The number of carbonyl (C=O) groups is 3. The molecule has 0 saturated heterocycles. The molecule has 0 aliphatic heterocycles. The number of rotatable bonds is 13. The summed E-state index contributed by atoms with van der Waals surface area (Å²) in [7, 11) is 0. The molecule has 0 radical (unpaired) electrons. The lowest BCUT2D eigenvalue weighted by Crippen LogP contribution is -2.38. The number of nitrogens with one attached hydrogen (secondary N) is 1. The van der Waals surface area contributed by atoms with Gasteiger partial charge in [0.15, 0.2) is 0 Å². The normalized spacial score (nSPS) is 11.4. The van der Waals surface area contributed by atoms with E-state index in [-0.39, 0.29) is 18.5 Å². The second kappa shape index (κ2) is 14.6. The molecule has 0 fully saturated rings. The first kappa shape index (κ1) is 28.4. The molecule has 1 atom stereocenters. The highest BCUT2D eigenvalue weighted by atomic mass is 16.5. The van der Waals surface area contributed by atoms with Gasteiger partial charge in [0.2, 0.25) is 0 Å². The molecule has 0 bridgehead atoms. The van der Waals surface area contributed by atoms with Crippen molar-refractivity contribution in [3.8, 4) is 5.75 Å². The summed E-state index contributed by atoms with van der Waals surface area (Å²) in [5.74, 6) is -1.95. The van der Waals surface area contributed by atoms with E-state index in [0.717, 1.165) is 29.7 Å². The lowest BCUT2D eigenvalue weighted by Gasteiger charge is -2.30. The van der Waals surface area contributed by atoms with Crippen LogP contribution in [0.1, 0.15) is 73.5 Å². The molecule has 0 spiro atoms. The van der Waals surface area contributed by atoms with Crippen molar-refractivity contribution in [2.24, 2.45) is 0 Å². The number of anilines is 1. The third-order valence-corrected chi connectivity index (χ3v) is 6.34. The van der Waals surface area contributed by atoms with Crippen LogP contribution in [0.2, 0.25) is 0 Å². The van der Waals surface area contributed by atoms with Crippen molar-refractivity contribution in [1.29, 1.82) is 0 Å². The van der Waals surface area contributed by atoms with Gasteiger partial charge in [0, 0.05) is 17.8 Å². The third-order valence-electron chi connectivity index (χ3n) is 6.34. The Kier molecular flexibility index (Phi) is 10.9. The fraction of sp³-hybridized carbons (Fsp3) is 0.323. The monoisotopic (exact) mass is 516 g/mol. The molecule has 200 valence electrons. The highest BCUT2D eigenvalue weighted by Crippen LogP contribution is 2.27. The van der Waals surface area contributed by atoms with Gasteiger partial charge < -0.3 is 20.1 Å². The standard InChI is InChI=1S/C31H36N2O5/c1-3-5-6-10-21-38-27-19-15-25(16-20-27)29(34)32-26-17-13-23(14-18-26)22-33(30(35)31(36)37)28(4-2)24-11-8-7-9-12-24/h7-9,11-20,28H,3-6,10,21-22H2,1-2H3,(H,32,34)(H,36,37). The Morgan fingerprint density at radius 3 is 2.16 bits per heavy atom. The molecular weight excluding hydrogens is 480 g/mol. The summed E-state index contributed by atoms with van der Waals surface area (Å²) < 4.78 is 5.74. The van der Waals surface area contributed by atoms with Crippen molar-refractivity contribution in [3.05, 3.63) is 95.6 Å². The van der Waals surface area contributed by atoms with E-state index >= 15 is 0 Å². The SMILES string of the molecule is CCCCCCOc1ccc(C(=O)Nc2ccc(CN(C(=O)C(=O)O)C(CC)c3ccccc3)cc2)cc1. The smallest absolute Gasteiger partial charge is 0.394 e. The number of carbonyl (C=O) groups excluding carboxylic acids is 2. The van der Waals surface area contributed by atoms with Crippen LogP contribution in [0.5, 0.6) is 5.75 Å². The molecule has 0 saturated carbocycles. The average molecular weight is 517 g/mol. The Bertz CT molecular complexity index is 1180. The van der Waals surface area contributed by atoms with Crippen LogP contribution in [0.4, 0.5) is 5.69 Å². The Hall–Kier alpha value is -4.13. The van der Waals surface area contributed by atoms with Gasteiger partial charge in [-0.1, -0.05) is 75.6 Å². The number of hydrogen-bond donors (Lipinski definition) is 2. The zero-order valence-electron chi connectivity index (χ0n) is 22.1. The number of unbranched alkanes of at least 4 members (excludes halogenated alkanes) is 3. The minimum atomic E-state index is -1.49. The molecule has 7 nitrogen and oxygen atoms in total. The second-order valence-electron chi connectivity index (χ2n) is 9.16. The summed E-state index contributed by atoms with van der Waals surface area (Å²) in [6.07, 6.45) is 5.12. The van der Waals surface area contributed by atoms with Gasteiger partial charge in [0.25, 0.3) is 5.91 Å². The minimum absolute atomic E-state index is 0.132. The number of carboxylic acids is 1. The molecule has 0 aromatic heterocycles.